The molecule has 1 aromatic rings. The molecule has 0 unspecified atom stereocenters. The topological polar surface area (TPSA) is 116 Å². The van der Waals surface area contributed by atoms with Crippen LogP contribution in [0.4, 0.5) is 5.69 Å². The van der Waals surface area contributed by atoms with E-state index in [0.717, 1.165) is 12.5 Å². The summed E-state index contributed by atoms with van der Waals surface area (Å²) in [6.07, 6.45) is 1.90. The number of benzene rings is 1. The summed E-state index contributed by atoms with van der Waals surface area (Å²) in [5, 5.41) is 19.9. The fourth-order valence-corrected chi connectivity index (χ4v) is 1.74. The first-order valence-electron chi connectivity index (χ1n) is 4.36. The van der Waals surface area contributed by atoms with Gasteiger partial charge in [0.15, 0.2) is 0 Å². The smallest absolute Gasteiger partial charge is 0.335 e. The van der Waals surface area contributed by atoms with E-state index in [1.54, 1.807) is 0 Å². The van der Waals surface area contributed by atoms with Gasteiger partial charge in [-0.15, -0.1) is 0 Å². The Morgan fingerprint density at radius 3 is 2.59 bits per heavy atom. The molecule has 0 fully saturated rings. The molecular weight excluding hydrogens is 248 g/mol. The zero-order valence-electron chi connectivity index (χ0n) is 8.78. The van der Waals surface area contributed by atoms with E-state index in [0.29, 0.717) is 0 Å². The number of hydrogen-bond acceptors (Lipinski definition) is 5. The van der Waals surface area contributed by atoms with Crippen molar-refractivity contribution in [3.05, 3.63) is 29.3 Å². The lowest BCUT2D eigenvalue weighted by molar-refractivity contribution is 0.0697. The number of hydrogen-bond donors (Lipinski definition) is 3. The van der Waals surface area contributed by atoms with Crippen molar-refractivity contribution in [1.29, 1.82) is 0 Å². The quantitative estimate of drug-likeness (QED) is 0.414. The Morgan fingerprint density at radius 1 is 1.47 bits per heavy atom. The molecule has 1 rings (SSSR count). The molecule has 3 N–H and O–H groups in total. The number of oxime groups is 1. The zero-order chi connectivity index (χ0) is 13.1. The second kappa shape index (κ2) is 4.83. The summed E-state index contributed by atoms with van der Waals surface area (Å²) in [7, 11) is -3.49. The molecule has 0 saturated carbocycles. The van der Waals surface area contributed by atoms with Gasteiger partial charge in [-0.1, -0.05) is 5.16 Å². The molecular formula is C9H10N2O5S. The molecule has 92 valence electrons. The molecule has 0 atom stereocenters. The Kier molecular flexibility index (Phi) is 3.69. The van der Waals surface area contributed by atoms with Crippen LogP contribution in [0.2, 0.25) is 0 Å². The zero-order valence-corrected chi connectivity index (χ0v) is 9.60. The first kappa shape index (κ1) is 13.0. The molecule has 0 saturated heterocycles. The molecule has 0 aromatic heterocycles. The maximum atomic E-state index is 11.0. The molecule has 0 aliphatic rings. The first-order chi connectivity index (χ1) is 7.83. The Labute approximate surface area is 97.4 Å². The highest BCUT2D eigenvalue weighted by Crippen LogP contribution is 2.17. The van der Waals surface area contributed by atoms with E-state index in [4.69, 9.17) is 10.3 Å². The van der Waals surface area contributed by atoms with E-state index in [1.807, 2.05) is 0 Å². The number of nitrogens with zero attached hydrogens (tertiary/aromatic N) is 1. The van der Waals surface area contributed by atoms with E-state index in [-0.39, 0.29) is 16.8 Å². The number of rotatable bonds is 4. The van der Waals surface area contributed by atoms with Crippen LogP contribution in [-0.2, 0) is 10.0 Å². The average molecular weight is 258 g/mol. The summed E-state index contributed by atoms with van der Waals surface area (Å²) >= 11 is 0. The Morgan fingerprint density at radius 2 is 2.12 bits per heavy atom. The maximum absolute atomic E-state index is 11.0. The van der Waals surface area contributed by atoms with Crippen LogP contribution in [0.3, 0.4) is 0 Å². The summed E-state index contributed by atoms with van der Waals surface area (Å²) < 4.78 is 24.3. The van der Waals surface area contributed by atoms with Gasteiger partial charge in [-0.3, -0.25) is 4.72 Å². The first-order valence-corrected chi connectivity index (χ1v) is 6.25. The minimum Gasteiger partial charge on any atom is -0.478 e. The molecule has 0 heterocycles. The van der Waals surface area contributed by atoms with Gasteiger partial charge < -0.3 is 10.3 Å². The molecule has 0 aliphatic heterocycles. The van der Waals surface area contributed by atoms with E-state index in [1.165, 1.54) is 18.2 Å². The maximum Gasteiger partial charge on any atom is 0.335 e. The highest BCUT2D eigenvalue weighted by Gasteiger charge is 2.10. The van der Waals surface area contributed by atoms with Crippen LogP contribution in [0.25, 0.3) is 0 Å². The lowest BCUT2D eigenvalue weighted by atomic mass is 10.1. The third-order valence-electron chi connectivity index (χ3n) is 1.79. The van der Waals surface area contributed by atoms with Gasteiger partial charge in [0.25, 0.3) is 0 Å². The van der Waals surface area contributed by atoms with E-state index < -0.39 is 16.0 Å². The van der Waals surface area contributed by atoms with Crippen molar-refractivity contribution in [2.75, 3.05) is 11.0 Å². The van der Waals surface area contributed by atoms with Crippen LogP contribution in [0.5, 0.6) is 0 Å². The number of anilines is 1. The SMILES string of the molecule is CS(=O)(=O)Nc1ccc(C(=O)O)cc1/C=N\O. The average Bonchev–Trinajstić information content (AvgIpc) is 2.18. The highest BCUT2D eigenvalue weighted by atomic mass is 32.2. The molecule has 0 bridgehead atoms. The van der Waals surface area contributed by atoms with Crippen molar-refractivity contribution in [3.8, 4) is 0 Å². The van der Waals surface area contributed by atoms with E-state index in [9.17, 15) is 13.2 Å². The second-order valence-corrected chi connectivity index (χ2v) is 4.97. The van der Waals surface area contributed by atoms with Gasteiger partial charge in [0.05, 0.1) is 23.7 Å². The fraction of sp³-hybridized carbons (Fsp3) is 0.111. The molecule has 17 heavy (non-hydrogen) atoms. The van der Waals surface area contributed by atoms with E-state index >= 15 is 0 Å². The van der Waals surface area contributed by atoms with Crippen LogP contribution >= 0.6 is 0 Å². The minimum atomic E-state index is -3.49. The summed E-state index contributed by atoms with van der Waals surface area (Å²) in [6.45, 7) is 0. The predicted molar refractivity (Wildman–Crippen MR) is 61.2 cm³/mol. The normalized spacial score (nSPS) is 11.6. The van der Waals surface area contributed by atoms with Crippen LogP contribution in [0, 0.1) is 0 Å². The van der Waals surface area contributed by atoms with Gasteiger partial charge in [-0.05, 0) is 18.2 Å². The van der Waals surface area contributed by atoms with Crippen LogP contribution in [0.15, 0.2) is 23.4 Å². The molecule has 7 nitrogen and oxygen atoms in total. The van der Waals surface area contributed by atoms with Crippen molar-refractivity contribution >= 4 is 27.9 Å². The van der Waals surface area contributed by atoms with Crippen molar-refractivity contribution < 1.29 is 23.5 Å². The summed E-state index contributed by atoms with van der Waals surface area (Å²) in [4.78, 5) is 10.7. The van der Waals surface area contributed by atoms with Crippen molar-refractivity contribution in [2.45, 2.75) is 0 Å². The number of carboxylic acid groups (broad SMARTS) is 1. The third-order valence-corrected chi connectivity index (χ3v) is 2.38. The van der Waals surface area contributed by atoms with Gasteiger partial charge in [-0.2, -0.15) is 0 Å². The Balaban J connectivity index is 3.27. The number of carboxylic acids is 1. The van der Waals surface area contributed by atoms with Crippen LogP contribution in [-0.4, -0.2) is 37.2 Å². The molecule has 0 spiro atoms. The van der Waals surface area contributed by atoms with Gasteiger partial charge >= 0.3 is 5.97 Å². The fourth-order valence-electron chi connectivity index (χ4n) is 1.16. The van der Waals surface area contributed by atoms with Crippen molar-refractivity contribution in [1.82, 2.24) is 0 Å². The number of sulfonamides is 1. The Bertz CT molecular complexity index is 565. The van der Waals surface area contributed by atoms with Gasteiger partial charge in [-0.25, -0.2) is 13.2 Å². The third kappa shape index (κ3) is 3.76. The highest BCUT2D eigenvalue weighted by molar-refractivity contribution is 7.92. The Hall–Kier alpha value is -2.09. The molecule has 1 aromatic carbocycles. The molecule has 0 aliphatic carbocycles. The standard InChI is InChI=1S/C9H10N2O5S/c1-17(15,16)11-8-3-2-6(9(12)13)4-7(8)5-10-14/h2-5,11,14H,1H3,(H,12,13)/b10-5-. The molecule has 0 amide bonds. The number of carbonyl (C=O) groups is 1. The molecule has 0 radical (unpaired) electrons. The monoisotopic (exact) mass is 258 g/mol. The molecule has 8 heteroatoms. The van der Waals surface area contributed by atoms with Gasteiger partial charge in [0, 0.05) is 5.56 Å². The lowest BCUT2D eigenvalue weighted by Gasteiger charge is -2.07. The number of aromatic carboxylic acids is 1. The summed E-state index contributed by atoms with van der Waals surface area (Å²) in [6, 6.07) is 3.71. The largest absolute Gasteiger partial charge is 0.478 e. The van der Waals surface area contributed by atoms with Crippen molar-refractivity contribution in [2.24, 2.45) is 5.16 Å². The van der Waals surface area contributed by atoms with Crippen LogP contribution < -0.4 is 4.72 Å². The van der Waals surface area contributed by atoms with E-state index in [2.05, 4.69) is 9.88 Å². The summed E-state index contributed by atoms with van der Waals surface area (Å²) in [5.74, 6) is -1.16. The second-order valence-electron chi connectivity index (χ2n) is 3.23. The number of nitrogens with one attached hydrogen (secondary N) is 1. The summed E-state index contributed by atoms with van der Waals surface area (Å²) in [5.41, 5.74) is 0.243. The lowest BCUT2D eigenvalue weighted by Crippen LogP contribution is -2.12. The van der Waals surface area contributed by atoms with Crippen molar-refractivity contribution in [3.63, 3.8) is 0 Å². The minimum absolute atomic E-state index is 0.0426. The van der Waals surface area contributed by atoms with Gasteiger partial charge in [0.1, 0.15) is 0 Å². The predicted octanol–water partition coefficient (Wildman–Crippen LogP) is 0.564. The van der Waals surface area contributed by atoms with Crippen LogP contribution in [0.1, 0.15) is 15.9 Å². The van der Waals surface area contributed by atoms with Gasteiger partial charge in [0.2, 0.25) is 10.0 Å².